The second-order valence-electron chi connectivity index (χ2n) is 6.70. The zero-order valence-electron chi connectivity index (χ0n) is 17.3. The maximum absolute atomic E-state index is 12.7. The number of rotatable bonds is 11. The quantitative estimate of drug-likeness (QED) is 0.504. The molecule has 0 spiro atoms. The van der Waals surface area contributed by atoms with Gasteiger partial charge in [0.15, 0.2) is 11.5 Å². The van der Waals surface area contributed by atoms with E-state index in [2.05, 4.69) is 10.0 Å². The first-order valence-electron chi connectivity index (χ1n) is 9.87. The molecule has 0 unspecified atom stereocenters. The number of nitrogens with one attached hydrogen (secondary N) is 2. The SMILES string of the molecule is COCCOCCCNC(=O)c1ccc(NS(=O)(=O)c2ccc3c(c2)OCCO3)cc1. The normalized spacial score (nSPS) is 12.9. The molecular weight excluding hydrogens is 424 g/mol. The van der Waals surface area contributed by atoms with E-state index in [1.807, 2.05) is 0 Å². The molecule has 1 aliphatic heterocycles. The van der Waals surface area contributed by atoms with Crippen molar-refractivity contribution in [1.82, 2.24) is 5.32 Å². The Morgan fingerprint density at radius 3 is 2.48 bits per heavy atom. The van der Waals surface area contributed by atoms with Crippen LogP contribution in [0.25, 0.3) is 0 Å². The van der Waals surface area contributed by atoms with Gasteiger partial charge >= 0.3 is 0 Å². The average molecular weight is 451 g/mol. The number of fused-ring (bicyclic) bond motifs is 1. The molecule has 3 rings (SSSR count). The predicted octanol–water partition coefficient (Wildman–Crippen LogP) is 2.04. The molecule has 0 bridgehead atoms. The van der Waals surface area contributed by atoms with Crippen LogP contribution >= 0.6 is 0 Å². The highest BCUT2D eigenvalue weighted by atomic mass is 32.2. The molecule has 0 aliphatic carbocycles. The Kier molecular flexibility index (Phi) is 8.10. The number of carbonyl (C=O) groups is 1. The summed E-state index contributed by atoms with van der Waals surface area (Å²) in [5, 5.41) is 2.80. The van der Waals surface area contributed by atoms with Gasteiger partial charge in [-0.1, -0.05) is 0 Å². The van der Waals surface area contributed by atoms with E-state index in [9.17, 15) is 13.2 Å². The fraction of sp³-hybridized carbons (Fsp3) is 0.381. The van der Waals surface area contributed by atoms with Crippen LogP contribution in [0.15, 0.2) is 47.4 Å². The standard InChI is InChI=1S/C21H26N2O7S/c1-27-11-12-28-10-2-9-22-21(24)16-3-5-17(6-4-16)23-31(25,26)18-7-8-19-20(15-18)30-14-13-29-19/h3-8,15,23H,2,9-14H2,1H3,(H,22,24). The van der Waals surface area contributed by atoms with Gasteiger partial charge in [-0.3, -0.25) is 9.52 Å². The van der Waals surface area contributed by atoms with E-state index in [-0.39, 0.29) is 10.8 Å². The van der Waals surface area contributed by atoms with Crippen LogP contribution in [-0.2, 0) is 19.5 Å². The lowest BCUT2D eigenvalue weighted by Gasteiger charge is -2.19. The van der Waals surface area contributed by atoms with E-state index in [1.165, 1.54) is 12.1 Å². The zero-order valence-corrected chi connectivity index (χ0v) is 18.1. The van der Waals surface area contributed by atoms with Crippen molar-refractivity contribution in [3.8, 4) is 11.5 Å². The summed E-state index contributed by atoms with van der Waals surface area (Å²) < 4.78 is 48.9. The van der Waals surface area contributed by atoms with Crippen molar-refractivity contribution in [1.29, 1.82) is 0 Å². The first-order chi connectivity index (χ1) is 15.0. The summed E-state index contributed by atoms with van der Waals surface area (Å²) in [6.45, 7) is 2.87. The topological polar surface area (TPSA) is 112 Å². The highest BCUT2D eigenvalue weighted by Crippen LogP contribution is 2.32. The molecule has 0 radical (unpaired) electrons. The van der Waals surface area contributed by atoms with Crippen LogP contribution in [0.5, 0.6) is 11.5 Å². The van der Waals surface area contributed by atoms with Crippen LogP contribution in [-0.4, -0.2) is 61.0 Å². The van der Waals surface area contributed by atoms with E-state index >= 15 is 0 Å². The number of methoxy groups -OCH3 is 1. The van der Waals surface area contributed by atoms with Crippen molar-refractivity contribution in [2.45, 2.75) is 11.3 Å². The summed E-state index contributed by atoms with van der Waals surface area (Å²) in [7, 11) is -2.21. The predicted molar refractivity (Wildman–Crippen MR) is 114 cm³/mol. The van der Waals surface area contributed by atoms with E-state index < -0.39 is 10.0 Å². The lowest BCUT2D eigenvalue weighted by atomic mass is 10.2. The number of amides is 1. The summed E-state index contributed by atoms with van der Waals surface area (Å²) in [4.78, 5) is 12.3. The first kappa shape index (κ1) is 22.9. The molecule has 0 saturated carbocycles. The summed E-state index contributed by atoms with van der Waals surface area (Å²) in [6.07, 6.45) is 0.683. The van der Waals surface area contributed by atoms with Crippen LogP contribution < -0.4 is 19.5 Å². The number of carbonyl (C=O) groups excluding carboxylic acids is 1. The van der Waals surface area contributed by atoms with Crippen LogP contribution in [0, 0.1) is 0 Å². The Labute approximate surface area is 181 Å². The number of ether oxygens (including phenoxy) is 4. The second kappa shape index (κ2) is 11.0. The van der Waals surface area contributed by atoms with E-state index in [0.29, 0.717) is 68.7 Å². The zero-order chi connectivity index (χ0) is 22.1. The van der Waals surface area contributed by atoms with Gasteiger partial charge in [-0.15, -0.1) is 0 Å². The Morgan fingerprint density at radius 2 is 1.74 bits per heavy atom. The number of benzene rings is 2. The third-order valence-electron chi connectivity index (χ3n) is 4.41. The highest BCUT2D eigenvalue weighted by Gasteiger charge is 2.19. The van der Waals surface area contributed by atoms with Gasteiger partial charge in [0.05, 0.1) is 18.1 Å². The number of hydrogen-bond donors (Lipinski definition) is 2. The summed E-state index contributed by atoms with van der Waals surface area (Å²) in [5.41, 5.74) is 0.778. The first-order valence-corrected chi connectivity index (χ1v) is 11.4. The van der Waals surface area contributed by atoms with Crippen LogP contribution in [0.1, 0.15) is 16.8 Å². The molecule has 1 amide bonds. The lowest BCUT2D eigenvalue weighted by Crippen LogP contribution is -2.25. The minimum absolute atomic E-state index is 0.0614. The van der Waals surface area contributed by atoms with Crippen molar-refractivity contribution < 1.29 is 32.2 Å². The Morgan fingerprint density at radius 1 is 1.00 bits per heavy atom. The van der Waals surface area contributed by atoms with Crippen LogP contribution in [0.2, 0.25) is 0 Å². The van der Waals surface area contributed by atoms with Gasteiger partial charge in [0, 0.05) is 37.6 Å². The van der Waals surface area contributed by atoms with Crippen LogP contribution in [0.3, 0.4) is 0 Å². The molecule has 31 heavy (non-hydrogen) atoms. The molecule has 0 aromatic heterocycles. The molecule has 10 heteroatoms. The fourth-order valence-corrected chi connectivity index (χ4v) is 3.89. The number of sulfonamides is 1. The average Bonchev–Trinajstić information content (AvgIpc) is 2.78. The van der Waals surface area contributed by atoms with Crippen molar-refractivity contribution in [2.75, 3.05) is 51.4 Å². The van der Waals surface area contributed by atoms with Gasteiger partial charge in [0.25, 0.3) is 15.9 Å². The van der Waals surface area contributed by atoms with E-state index in [1.54, 1.807) is 37.4 Å². The van der Waals surface area contributed by atoms with Gasteiger partial charge in [-0.05, 0) is 42.8 Å². The molecule has 1 heterocycles. The van der Waals surface area contributed by atoms with Crippen molar-refractivity contribution in [2.24, 2.45) is 0 Å². The molecule has 2 aromatic rings. The van der Waals surface area contributed by atoms with Gasteiger partial charge in [0.1, 0.15) is 13.2 Å². The van der Waals surface area contributed by atoms with Crippen molar-refractivity contribution >= 4 is 21.6 Å². The molecule has 9 nitrogen and oxygen atoms in total. The third kappa shape index (κ3) is 6.58. The van der Waals surface area contributed by atoms with Gasteiger partial charge in [-0.25, -0.2) is 8.42 Å². The highest BCUT2D eigenvalue weighted by molar-refractivity contribution is 7.92. The van der Waals surface area contributed by atoms with Gasteiger partial charge < -0.3 is 24.3 Å². The molecule has 0 atom stereocenters. The lowest BCUT2D eigenvalue weighted by molar-refractivity contribution is 0.0688. The second-order valence-corrected chi connectivity index (χ2v) is 8.39. The molecular formula is C21H26N2O7S. The number of anilines is 1. The maximum Gasteiger partial charge on any atom is 0.262 e. The molecule has 0 saturated heterocycles. The molecule has 1 aliphatic rings. The Balaban J connectivity index is 1.52. The summed E-state index contributed by atoms with van der Waals surface area (Å²) >= 11 is 0. The summed E-state index contributed by atoms with van der Waals surface area (Å²) in [5.74, 6) is 0.672. The third-order valence-corrected chi connectivity index (χ3v) is 5.79. The fourth-order valence-electron chi connectivity index (χ4n) is 2.82. The Hall–Kier alpha value is -2.82. The summed E-state index contributed by atoms with van der Waals surface area (Å²) in [6, 6.07) is 10.7. The molecule has 168 valence electrons. The minimum Gasteiger partial charge on any atom is -0.486 e. The van der Waals surface area contributed by atoms with E-state index in [4.69, 9.17) is 18.9 Å². The van der Waals surface area contributed by atoms with Crippen molar-refractivity contribution in [3.63, 3.8) is 0 Å². The minimum atomic E-state index is -3.82. The molecule has 2 N–H and O–H groups in total. The Bertz CT molecular complexity index is 978. The maximum atomic E-state index is 12.7. The molecule has 2 aromatic carbocycles. The van der Waals surface area contributed by atoms with Crippen LogP contribution in [0.4, 0.5) is 5.69 Å². The number of hydrogen-bond acceptors (Lipinski definition) is 7. The van der Waals surface area contributed by atoms with E-state index in [0.717, 1.165) is 0 Å². The monoisotopic (exact) mass is 450 g/mol. The smallest absolute Gasteiger partial charge is 0.262 e. The van der Waals surface area contributed by atoms with Crippen molar-refractivity contribution in [3.05, 3.63) is 48.0 Å². The molecule has 0 fully saturated rings. The van der Waals surface area contributed by atoms with Gasteiger partial charge in [-0.2, -0.15) is 0 Å². The van der Waals surface area contributed by atoms with Gasteiger partial charge in [0.2, 0.25) is 0 Å². The largest absolute Gasteiger partial charge is 0.486 e.